The fourth-order valence-corrected chi connectivity index (χ4v) is 2.06. The normalized spacial score (nSPS) is 10.7. The van der Waals surface area contributed by atoms with Crippen LogP contribution in [0.1, 0.15) is 16.7 Å². The van der Waals surface area contributed by atoms with E-state index in [0.717, 1.165) is 18.9 Å². The summed E-state index contributed by atoms with van der Waals surface area (Å²) >= 11 is 1.85. The van der Waals surface area contributed by atoms with Crippen LogP contribution in [0, 0.1) is 0 Å². The van der Waals surface area contributed by atoms with Gasteiger partial charge in [-0.2, -0.15) is 0 Å². The predicted octanol–water partition coefficient (Wildman–Crippen LogP) is 2.22. The molecule has 0 aliphatic rings. The maximum atomic E-state index is 4.05. The topological polar surface area (TPSA) is 36.4 Å². The van der Waals surface area contributed by atoms with Crippen molar-refractivity contribution >= 4 is 41.3 Å². The van der Waals surface area contributed by atoms with Gasteiger partial charge in [-0.25, -0.2) is 0 Å². The molecule has 0 fully saturated rings. The van der Waals surface area contributed by atoms with Gasteiger partial charge in [-0.05, 0) is 18.6 Å². The third-order valence-corrected chi connectivity index (χ3v) is 3.19. The van der Waals surface area contributed by atoms with Crippen LogP contribution in [0.2, 0.25) is 0 Å². The molecule has 0 aliphatic carbocycles. The number of rotatable bonds is 3. The highest BCUT2D eigenvalue weighted by atomic mass is 127. The molecule has 0 spiro atoms. The van der Waals surface area contributed by atoms with Crippen molar-refractivity contribution in [1.82, 2.24) is 10.6 Å². The van der Waals surface area contributed by atoms with Crippen LogP contribution >= 0.6 is 35.3 Å². The van der Waals surface area contributed by atoms with E-state index in [0.29, 0.717) is 0 Å². The second kappa shape index (κ2) is 7.92. The molecule has 2 N–H and O–H groups in total. The monoisotopic (exact) mass is 339 g/mol. The Morgan fingerprint density at radius 2 is 2.07 bits per heavy atom. The summed E-state index contributed by atoms with van der Waals surface area (Å²) in [5.41, 5.74) is 0. The molecule has 5 heteroatoms. The standard InChI is InChI=1S/C10H17N3S.HI/c1-4-8-5-6-9(14-8)7-13-10(11-2)12-3;/h5-6H,4,7H2,1-3H3,(H2,11,12,13);1H. The summed E-state index contributed by atoms with van der Waals surface area (Å²) in [6.07, 6.45) is 1.12. The maximum absolute atomic E-state index is 4.05. The molecule has 0 amide bonds. The van der Waals surface area contributed by atoms with Crippen LogP contribution in [-0.4, -0.2) is 20.1 Å². The molecule has 0 saturated carbocycles. The summed E-state index contributed by atoms with van der Waals surface area (Å²) in [7, 11) is 3.63. The number of aryl methyl sites for hydroxylation is 1. The average Bonchev–Trinajstić information content (AvgIpc) is 2.67. The summed E-state index contributed by atoms with van der Waals surface area (Å²) in [6.45, 7) is 3.02. The molecular formula is C10H18IN3S. The van der Waals surface area contributed by atoms with Crippen LogP contribution in [0.4, 0.5) is 0 Å². The molecule has 3 nitrogen and oxygen atoms in total. The zero-order valence-corrected chi connectivity index (χ0v) is 12.5. The van der Waals surface area contributed by atoms with E-state index in [1.54, 1.807) is 7.05 Å². The Kier molecular flexibility index (Phi) is 7.76. The minimum Gasteiger partial charge on any atom is -0.359 e. The Balaban J connectivity index is 0.00000196. The molecule has 1 aromatic heterocycles. The fourth-order valence-electron chi connectivity index (χ4n) is 1.16. The van der Waals surface area contributed by atoms with E-state index >= 15 is 0 Å². The maximum Gasteiger partial charge on any atom is 0.191 e. The second-order valence-electron chi connectivity index (χ2n) is 2.90. The van der Waals surface area contributed by atoms with Crippen LogP contribution < -0.4 is 10.6 Å². The van der Waals surface area contributed by atoms with Gasteiger partial charge in [-0.15, -0.1) is 35.3 Å². The highest BCUT2D eigenvalue weighted by Gasteiger charge is 1.99. The first kappa shape index (κ1) is 14.7. The Morgan fingerprint density at radius 1 is 1.40 bits per heavy atom. The molecule has 1 rings (SSSR count). The smallest absolute Gasteiger partial charge is 0.191 e. The minimum absolute atomic E-state index is 0. The first-order valence-corrected chi connectivity index (χ1v) is 5.57. The van der Waals surface area contributed by atoms with E-state index in [4.69, 9.17) is 0 Å². The van der Waals surface area contributed by atoms with Crippen molar-refractivity contribution in [1.29, 1.82) is 0 Å². The lowest BCUT2D eigenvalue weighted by Crippen LogP contribution is -2.33. The van der Waals surface area contributed by atoms with E-state index in [9.17, 15) is 0 Å². The molecule has 0 aromatic carbocycles. The van der Waals surface area contributed by atoms with Crippen LogP contribution in [0.15, 0.2) is 17.1 Å². The van der Waals surface area contributed by atoms with Crippen molar-refractivity contribution in [2.75, 3.05) is 14.1 Å². The first-order chi connectivity index (χ1) is 6.80. The van der Waals surface area contributed by atoms with E-state index in [1.807, 2.05) is 18.4 Å². The molecule has 1 aromatic rings. The molecule has 15 heavy (non-hydrogen) atoms. The summed E-state index contributed by atoms with van der Waals surface area (Å²) in [6, 6.07) is 4.35. The Bertz CT molecular complexity index is 309. The number of hydrogen-bond acceptors (Lipinski definition) is 2. The number of halogens is 1. The molecule has 0 radical (unpaired) electrons. The molecular weight excluding hydrogens is 321 g/mol. The van der Waals surface area contributed by atoms with Crippen molar-refractivity contribution in [2.24, 2.45) is 4.99 Å². The highest BCUT2D eigenvalue weighted by Crippen LogP contribution is 2.16. The van der Waals surface area contributed by atoms with Crippen molar-refractivity contribution in [3.05, 3.63) is 21.9 Å². The second-order valence-corrected chi connectivity index (χ2v) is 4.15. The molecule has 0 bridgehead atoms. The van der Waals surface area contributed by atoms with Gasteiger partial charge in [0.15, 0.2) is 5.96 Å². The van der Waals surface area contributed by atoms with Gasteiger partial charge in [0.1, 0.15) is 0 Å². The summed E-state index contributed by atoms with van der Waals surface area (Å²) in [5.74, 6) is 0.830. The van der Waals surface area contributed by atoms with Gasteiger partial charge in [0.25, 0.3) is 0 Å². The molecule has 86 valence electrons. The molecule has 0 aliphatic heterocycles. The number of hydrogen-bond donors (Lipinski definition) is 2. The lowest BCUT2D eigenvalue weighted by molar-refractivity contribution is 0.879. The SMILES string of the molecule is CCc1ccc(CNC(=NC)NC)s1.I. The number of nitrogens with zero attached hydrogens (tertiary/aromatic N) is 1. The van der Waals surface area contributed by atoms with Gasteiger partial charge in [0.05, 0.1) is 6.54 Å². The van der Waals surface area contributed by atoms with E-state index < -0.39 is 0 Å². The molecule has 0 saturated heterocycles. The molecule has 1 heterocycles. The quantitative estimate of drug-likeness (QED) is 0.503. The lowest BCUT2D eigenvalue weighted by Gasteiger charge is -2.06. The predicted molar refractivity (Wildman–Crippen MR) is 78.4 cm³/mol. The third-order valence-electron chi connectivity index (χ3n) is 1.96. The van der Waals surface area contributed by atoms with Crippen molar-refractivity contribution in [3.8, 4) is 0 Å². The van der Waals surface area contributed by atoms with Gasteiger partial charge < -0.3 is 10.6 Å². The van der Waals surface area contributed by atoms with E-state index in [2.05, 4.69) is 34.7 Å². The highest BCUT2D eigenvalue weighted by molar-refractivity contribution is 14.0. The number of nitrogens with one attached hydrogen (secondary N) is 2. The average molecular weight is 339 g/mol. The molecule has 0 unspecified atom stereocenters. The van der Waals surface area contributed by atoms with E-state index in [-0.39, 0.29) is 24.0 Å². The summed E-state index contributed by atoms with van der Waals surface area (Å²) in [4.78, 5) is 6.82. The van der Waals surface area contributed by atoms with Gasteiger partial charge in [0.2, 0.25) is 0 Å². The summed E-state index contributed by atoms with van der Waals surface area (Å²) < 4.78 is 0. The van der Waals surface area contributed by atoms with Crippen LogP contribution in [0.3, 0.4) is 0 Å². The van der Waals surface area contributed by atoms with Gasteiger partial charge in [-0.1, -0.05) is 6.92 Å². The van der Waals surface area contributed by atoms with E-state index in [1.165, 1.54) is 9.75 Å². The third kappa shape index (κ3) is 4.83. The number of aliphatic imine (C=N–C) groups is 1. The van der Waals surface area contributed by atoms with Crippen LogP contribution in [0.25, 0.3) is 0 Å². The lowest BCUT2D eigenvalue weighted by atomic mass is 10.4. The summed E-state index contributed by atoms with van der Waals surface area (Å²) in [5, 5.41) is 6.21. The Labute approximate surface area is 112 Å². The molecule has 0 atom stereocenters. The number of guanidine groups is 1. The zero-order valence-electron chi connectivity index (χ0n) is 9.33. The Morgan fingerprint density at radius 3 is 2.53 bits per heavy atom. The number of thiophene rings is 1. The van der Waals surface area contributed by atoms with Crippen molar-refractivity contribution < 1.29 is 0 Å². The largest absolute Gasteiger partial charge is 0.359 e. The van der Waals surface area contributed by atoms with Crippen molar-refractivity contribution in [2.45, 2.75) is 19.9 Å². The van der Waals surface area contributed by atoms with Gasteiger partial charge in [0, 0.05) is 23.8 Å². The van der Waals surface area contributed by atoms with Crippen molar-refractivity contribution in [3.63, 3.8) is 0 Å². The van der Waals surface area contributed by atoms with Gasteiger partial charge in [-0.3, -0.25) is 4.99 Å². The zero-order chi connectivity index (χ0) is 10.4. The van der Waals surface area contributed by atoms with Crippen LogP contribution in [-0.2, 0) is 13.0 Å². The fraction of sp³-hybridized carbons (Fsp3) is 0.500. The minimum atomic E-state index is 0. The van der Waals surface area contributed by atoms with Gasteiger partial charge >= 0.3 is 0 Å². The first-order valence-electron chi connectivity index (χ1n) is 4.76. The Hall–Kier alpha value is -0.300. The van der Waals surface area contributed by atoms with Crippen LogP contribution in [0.5, 0.6) is 0 Å².